The maximum Gasteiger partial charge on any atom is 0.245 e. The lowest BCUT2D eigenvalue weighted by molar-refractivity contribution is 0.445. The minimum absolute atomic E-state index is 0.234. The fraction of sp³-hybridized carbons (Fsp3) is 0.381. The van der Waals surface area contributed by atoms with Crippen LogP contribution in [0.15, 0.2) is 47.4 Å². The third kappa shape index (κ3) is 5.10. The quantitative estimate of drug-likeness (QED) is 0.621. The van der Waals surface area contributed by atoms with Crippen molar-refractivity contribution >= 4 is 38.7 Å². The van der Waals surface area contributed by atoms with Crippen molar-refractivity contribution < 1.29 is 8.42 Å². The summed E-state index contributed by atoms with van der Waals surface area (Å²) in [5.74, 6) is 0.337. The first-order valence-electron chi connectivity index (χ1n) is 9.48. The molecule has 0 bridgehead atoms. The predicted octanol–water partition coefficient (Wildman–Crippen LogP) is 4.96. The topological polar surface area (TPSA) is 61.4 Å². The first-order chi connectivity index (χ1) is 13.2. The van der Waals surface area contributed by atoms with Crippen LogP contribution in [-0.2, 0) is 10.0 Å². The Hall–Kier alpha value is -1.96. The van der Waals surface area contributed by atoms with Crippen molar-refractivity contribution in [1.29, 1.82) is 0 Å². The van der Waals surface area contributed by atoms with E-state index < -0.39 is 10.0 Å². The average molecular weight is 420 g/mol. The lowest BCUT2D eigenvalue weighted by Gasteiger charge is -2.22. The zero-order valence-electron chi connectivity index (χ0n) is 17.1. The molecular weight excluding hydrogens is 390 g/mol. The molecular formula is C21H29N3O2S2. The van der Waals surface area contributed by atoms with E-state index in [2.05, 4.69) is 30.5 Å². The fourth-order valence-electron chi connectivity index (χ4n) is 3.04. The molecule has 0 aliphatic carbocycles. The highest BCUT2D eigenvalue weighted by atomic mass is 32.2. The minimum atomic E-state index is -3.61. The zero-order valence-corrected chi connectivity index (χ0v) is 18.7. The van der Waals surface area contributed by atoms with E-state index >= 15 is 0 Å². The standard InChI is InChI=1S/C21H29N3O2S2/c1-6-24(7-2)28(25,26)20-14-16(5)12-13-19(20)23-21(27)22-18-11-9-8-10-17(18)15(3)4/h8-15H,6-7H2,1-5H3,(H2,22,23,27). The van der Waals surface area contributed by atoms with Gasteiger partial charge in [-0.15, -0.1) is 0 Å². The Balaban J connectivity index is 2.34. The summed E-state index contributed by atoms with van der Waals surface area (Å²) in [5, 5.41) is 6.63. The summed E-state index contributed by atoms with van der Waals surface area (Å²) in [4.78, 5) is 0.234. The number of rotatable bonds is 7. The van der Waals surface area contributed by atoms with Crippen molar-refractivity contribution in [3.05, 3.63) is 53.6 Å². The van der Waals surface area contributed by atoms with Crippen LogP contribution in [0.1, 0.15) is 44.7 Å². The summed E-state index contributed by atoms with van der Waals surface area (Å²) < 4.78 is 27.6. The molecule has 2 rings (SSSR count). The number of sulfonamides is 1. The summed E-state index contributed by atoms with van der Waals surface area (Å²) in [7, 11) is -3.61. The third-order valence-corrected chi connectivity index (χ3v) is 6.83. The molecule has 0 fully saturated rings. The van der Waals surface area contributed by atoms with E-state index in [0.717, 1.165) is 16.8 Å². The van der Waals surface area contributed by atoms with Crippen LogP contribution in [0.3, 0.4) is 0 Å². The fourth-order valence-corrected chi connectivity index (χ4v) is 4.95. The zero-order chi connectivity index (χ0) is 20.9. The molecule has 0 aliphatic heterocycles. The van der Waals surface area contributed by atoms with Crippen LogP contribution in [0.25, 0.3) is 0 Å². The van der Waals surface area contributed by atoms with Gasteiger partial charge >= 0.3 is 0 Å². The highest BCUT2D eigenvalue weighted by Crippen LogP contribution is 2.27. The molecule has 5 nitrogen and oxygen atoms in total. The molecule has 7 heteroatoms. The Morgan fingerprint density at radius 2 is 1.64 bits per heavy atom. The Labute approximate surface area is 174 Å². The molecule has 0 saturated heterocycles. The summed E-state index contributed by atoms with van der Waals surface area (Å²) in [5.41, 5.74) is 3.40. The third-order valence-electron chi connectivity index (χ3n) is 4.54. The molecule has 2 N–H and O–H groups in total. The van der Waals surface area contributed by atoms with Gasteiger partial charge in [0, 0.05) is 18.8 Å². The smallest absolute Gasteiger partial charge is 0.245 e. The van der Waals surface area contributed by atoms with Gasteiger partial charge in [-0.2, -0.15) is 4.31 Å². The van der Waals surface area contributed by atoms with Crippen molar-refractivity contribution in [2.24, 2.45) is 0 Å². The van der Waals surface area contributed by atoms with Crippen LogP contribution >= 0.6 is 12.2 Å². The molecule has 0 aromatic heterocycles. The van der Waals surface area contributed by atoms with Gasteiger partial charge in [0.1, 0.15) is 4.90 Å². The van der Waals surface area contributed by atoms with Gasteiger partial charge in [-0.25, -0.2) is 8.42 Å². The molecule has 0 atom stereocenters. The molecule has 28 heavy (non-hydrogen) atoms. The number of para-hydroxylation sites is 1. The van der Waals surface area contributed by atoms with Crippen LogP contribution in [0, 0.1) is 6.92 Å². The number of thiocarbonyl (C=S) groups is 1. The predicted molar refractivity (Wildman–Crippen MR) is 122 cm³/mol. The minimum Gasteiger partial charge on any atom is -0.332 e. The largest absolute Gasteiger partial charge is 0.332 e. The van der Waals surface area contributed by atoms with Gasteiger partial charge in [0.15, 0.2) is 5.11 Å². The van der Waals surface area contributed by atoms with Gasteiger partial charge in [0.25, 0.3) is 0 Å². The molecule has 0 aliphatic rings. The van der Waals surface area contributed by atoms with Gasteiger partial charge in [-0.3, -0.25) is 0 Å². The highest BCUT2D eigenvalue weighted by Gasteiger charge is 2.25. The summed E-state index contributed by atoms with van der Waals surface area (Å²) in [6.07, 6.45) is 0. The van der Waals surface area contributed by atoms with Gasteiger partial charge < -0.3 is 10.6 Å². The maximum atomic E-state index is 13.1. The average Bonchev–Trinajstić information content (AvgIpc) is 2.64. The van der Waals surface area contributed by atoms with Gasteiger partial charge in [0.05, 0.1) is 5.69 Å². The molecule has 0 amide bonds. The van der Waals surface area contributed by atoms with Crippen molar-refractivity contribution in [2.75, 3.05) is 23.7 Å². The number of hydrogen-bond acceptors (Lipinski definition) is 3. The molecule has 2 aromatic carbocycles. The van der Waals surface area contributed by atoms with Gasteiger partial charge in [0.2, 0.25) is 10.0 Å². The SMILES string of the molecule is CCN(CC)S(=O)(=O)c1cc(C)ccc1NC(=S)Nc1ccccc1C(C)C. The van der Waals surface area contributed by atoms with Crippen LogP contribution in [0.5, 0.6) is 0 Å². The molecule has 2 aromatic rings. The summed E-state index contributed by atoms with van der Waals surface area (Å²) in [6, 6.07) is 13.3. The van der Waals surface area contributed by atoms with E-state index in [1.807, 2.05) is 45.0 Å². The van der Waals surface area contributed by atoms with Gasteiger partial charge in [-0.1, -0.05) is 52.0 Å². The van der Waals surface area contributed by atoms with Crippen LogP contribution in [-0.4, -0.2) is 30.9 Å². The summed E-state index contributed by atoms with van der Waals surface area (Å²) in [6.45, 7) is 10.6. The highest BCUT2D eigenvalue weighted by molar-refractivity contribution is 7.89. The first-order valence-corrected chi connectivity index (χ1v) is 11.3. The number of hydrogen-bond donors (Lipinski definition) is 2. The Kier molecular flexibility index (Phi) is 7.57. The number of nitrogens with zero attached hydrogens (tertiary/aromatic N) is 1. The molecule has 0 saturated carbocycles. The van der Waals surface area contributed by atoms with E-state index in [0.29, 0.717) is 29.8 Å². The van der Waals surface area contributed by atoms with Crippen molar-refractivity contribution in [2.45, 2.75) is 45.4 Å². The molecule has 0 unspecified atom stereocenters. The maximum absolute atomic E-state index is 13.1. The Morgan fingerprint density at radius 3 is 2.25 bits per heavy atom. The second kappa shape index (κ2) is 9.49. The second-order valence-electron chi connectivity index (χ2n) is 6.91. The van der Waals surface area contributed by atoms with Gasteiger partial charge in [-0.05, 0) is 54.4 Å². The van der Waals surface area contributed by atoms with E-state index in [4.69, 9.17) is 12.2 Å². The molecule has 0 heterocycles. The van der Waals surface area contributed by atoms with E-state index in [-0.39, 0.29) is 4.90 Å². The van der Waals surface area contributed by atoms with E-state index in [1.54, 1.807) is 12.1 Å². The first kappa shape index (κ1) is 22.3. The molecule has 0 radical (unpaired) electrons. The van der Waals surface area contributed by atoms with E-state index in [1.165, 1.54) is 4.31 Å². The molecule has 0 spiro atoms. The van der Waals surface area contributed by atoms with Crippen LogP contribution in [0.4, 0.5) is 11.4 Å². The Morgan fingerprint density at radius 1 is 1.04 bits per heavy atom. The van der Waals surface area contributed by atoms with Crippen LogP contribution in [0.2, 0.25) is 0 Å². The second-order valence-corrected chi connectivity index (χ2v) is 9.22. The lowest BCUT2D eigenvalue weighted by Crippen LogP contribution is -2.32. The number of anilines is 2. The van der Waals surface area contributed by atoms with Crippen molar-refractivity contribution in [3.8, 4) is 0 Å². The number of nitrogens with one attached hydrogen (secondary N) is 2. The van der Waals surface area contributed by atoms with Crippen LogP contribution < -0.4 is 10.6 Å². The lowest BCUT2D eigenvalue weighted by atomic mass is 10.0. The number of aryl methyl sites for hydroxylation is 1. The number of benzene rings is 2. The Bertz CT molecular complexity index is 936. The van der Waals surface area contributed by atoms with Crippen molar-refractivity contribution in [3.63, 3.8) is 0 Å². The summed E-state index contributed by atoms with van der Waals surface area (Å²) >= 11 is 5.47. The molecule has 152 valence electrons. The van der Waals surface area contributed by atoms with Crippen molar-refractivity contribution in [1.82, 2.24) is 4.31 Å². The normalized spacial score (nSPS) is 11.7. The van der Waals surface area contributed by atoms with E-state index in [9.17, 15) is 8.42 Å². The monoisotopic (exact) mass is 419 g/mol.